The zero-order valence-corrected chi connectivity index (χ0v) is 19.8. The minimum Gasteiger partial charge on any atom is -0.387 e. The predicted molar refractivity (Wildman–Crippen MR) is 119 cm³/mol. The molecule has 0 bridgehead atoms. The number of aromatic nitrogens is 4. The molecule has 4 rings (SSSR count). The highest BCUT2D eigenvalue weighted by molar-refractivity contribution is 7.70. The number of imidazole rings is 1. The number of anilines is 1. The Morgan fingerprint density at radius 3 is 2.59 bits per heavy atom. The van der Waals surface area contributed by atoms with Crippen LogP contribution in [0.1, 0.15) is 43.3 Å². The molecule has 1 unspecified atom stereocenters. The molecule has 0 radical (unpaired) electrons. The first kappa shape index (κ1) is 25.4. The summed E-state index contributed by atoms with van der Waals surface area (Å²) in [6, 6.07) is 0.246. The maximum atomic E-state index is 11.9. The number of aliphatic hydroxyl groups excluding tert-OH is 2. The van der Waals surface area contributed by atoms with Gasteiger partial charge in [-0.15, -0.1) is 5.10 Å². The van der Waals surface area contributed by atoms with Crippen molar-refractivity contribution >= 4 is 32.7 Å². The van der Waals surface area contributed by atoms with Gasteiger partial charge in [-0.2, -0.15) is 0 Å². The fraction of sp³-hybridized carbons (Fsp3) is 0.611. The Kier molecular flexibility index (Phi) is 7.26. The molecular weight excluding hydrogens is 492 g/mol. The van der Waals surface area contributed by atoms with Crippen molar-refractivity contribution in [2.45, 2.75) is 56.1 Å². The van der Waals surface area contributed by atoms with E-state index < -0.39 is 52.1 Å². The maximum absolute atomic E-state index is 11.9. The number of nitrogens with zero attached hydrogens (tertiary/aromatic N) is 4. The lowest BCUT2D eigenvalue weighted by Crippen LogP contribution is -2.33. The molecule has 1 aliphatic carbocycles. The summed E-state index contributed by atoms with van der Waals surface area (Å²) in [5.41, 5.74) is 0.686. The van der Waals surface area contributed by atoms with Crippen molar-refractivity contribution in [3.05, 3.63) is 24.3 Å². The summed E-state index contributed by atoms with van der Waals surface area (Å²) in [7, 11) is -9.47. The third-order valence-electron chi connectivity index (χ3n) is 5.74. The molecule has 34 heavy (non-hydrogen) atoms. The summed E-state index contributed by atoms with van der Waals surface area (Å²) in [6.07, 6.45) is 1.78. The van der Waals surface area contributed by atoms with Crippen LogP contribution in [0, 0.1) is 0 Å². The quantitative estimate of drug-likeness (QED) is 0.251. The van der Waals surface area contributed by atoms with Crippen LogP contribution in [-0.2, 0) is 18.4 Å². The monoisotopic (exact) mass is 519 g/mol. The molecule has 5 atom stereocenters. The molecule has 2 fully saturated rings. The van der Waals surface area contributed by atoms with Crippen LogP contribution in [0.25, 0.3) is 11.7 Å². The lowest BCUT2D eigenvalue weighted by atomic mass is 10.1. The molecule has 3 heterocycles. The Balaban J connectivity index is 1.56. The molecule has 2 aromatic rings. The van der Waals surface area contributed by atoms with Gasteiger partial charge in [0.25, 0.3) is 0 Å². The lowest BCUT2D eigenvalue weighted by molar-refractivity contribution is -0.0204. The van der Waals surface area contributed by atoms with Crippen LogP contribution < -0.4 is 5.32 Å². The first-order chi connectivity index (χ1) is 16.0. The molecule has 1 saturated carbocycles. The Labute approximate surface area is 194 Å². The van der Waals surface area contributed by atoms with E-state index in [0.717, 1.165) is 25.7 Å². The molecule has 0 spiro atoms. The fourth-order valence-electron chi connectivity index (χ4n) is 4.15. The fourth-order valence-corrected chi connectivity index (χ4v) is 6.72. The molecule has 1 aliphatic heterocycles. The van der Waals surface area contributed by atoms with Crippen LogP contribution in [0.3, 0.4) is 0 Å². The number of ether oxygens (including phenoxy) is 1. The zero-order chi connectivity index (χ0) is 24.7. The molecule has 0 aromatic carbocycles. The van der Waals surface area contributed by atoms with Crippen molar-refractivity contribution in [1.29, 1.82) is 0 Å². The van der Waals surface area contributed by atoms with Crippen LogP contribution in [0.4, 0.5) is 5.82 Å². The number of fused-ring (bicyclic) bond motifs is 1. The Bertz CT molecular complexity index is 1150. The average molecular weight is 519 g/mol. The van der Waals surface area contributed by atoms with Crippen molar-refractivity contribution < 1.29 is 43.3 Å². The SMILES string of the molecule is C=Cc1nc(NC2CCCC2)c2ncc([C@@H]3O[C@H](COP(=O)(O)CP(=O)(O)O)[C@@H](O)[C@H]3O)n2n1. The largest absolute Gasteiger partial charge is 0.387 e. The van der Waals surface area contributed by atoms with Gasteiger partial charge in [0.2, 0.25) is 0 Å². The van der Waals surface area contributed by atoms with Crippen LogP contribution >= 0.6 is 15.2 Å². The molecule has 2 aliphatic rings. The summed E-state index contributed by atoms with van der Waals surface area (Å²) >= 11 is 0. The summed E-state index contributed by atoms with van der Waals surface area (Å²) < 4.78 is 34.8. The third-order valence-corrected chi connectivity index (χ3v) is 9.20. The number of aliphatic hydroxyl groups is 2. The van der Waals surface area contributed by atoms with Gasteiger partial charge in [0, 0.05) is 6.04 Å². The van der Waals surface area contributed by atoms with Crippen molar-refractivity contribution in [2.24, 2.45) is 0 Å². The second-order valence-corrected chi connectivity index (χ2v) is 12.4. The van der Waals surface area contributed by atoms with Crippen LogP contribution in [0.15, 0.2) is 12.8 Å². The first-order valence-corrected chi connectivity index (χ1v) is 14.2. The first-order valence-electron chi connectivity index (χ1n) is 10.6. The highest BCUT2D eigenvalue weighted by Gasteiger charge is 2.46. The van der Waals surface area contributed by atoms with Gasteiger partial charge in [-0.05, 0) is 18.9 Å². The van der Waals surface area contributed by atoms with Crippen molar-refractivity contribution in [1.82, 2.24) is 19.6 Å². The Hall–Kier alpha value is -1.73. The second kappa shape index (κ2) is 9.73. The van der Waals surface area contributed by atoms with E-state index in [1.54, 1.807) is 0 Å². The van der Waals surface area contributed by atoms with E-state index in [9.17, 15) is 24.2 Å². The smallest absolute Gasteiger partial charge is 0.340 e. The maximum Gasteiger partial charge on any atom is 0.340 e. The Morgan fingerprint density at radius 1 is 1.24 bits per heavy atom. The molecule has 16 heteroatoms. The average Bonchev–Trinajstić information content (AvgIpc) is 3.46. The summed E-state index contributed by atoms with van der Waals surface area (Å²) in [5, 5.41) is 28.7. The van der Waals surface area contributed by atoms with Gasteiger partial charge in [-0.1, -0.05) is 19.4 Å². The van der Waals surface area contributed by atoms with E-state index in [4.69, 9.17) is 19.0 Å². The van der Waals surface area contributed by atoms with Gasteiger partial charge in [0.05, 0.1) is 18.5 Å². The highest BCUT2D eigenvalue weighted by Crippen LogP contribution is 2.55. The number of hydrogen-bond acceptors (Lipinski definition) is 10. The molecule has 14 nitrogen and oxygen atoms in total. The molecule has 6 N–H and O–H groups in total. The van der Waals surface area contributed by atoms with Gasteiger partial charge in [0.1, 0.15) is 24.4 Å². The molecule has 0 amide bonds. The van der Waals surface area contributed by atoms with Gasteiger partial charge >= 0.3 is 15.2 Å². The lowest BCUT2D eigenvalue weighted by Gasteiger charge is -2.18. The van der Waals surface area contributed by atoms with Gasteiger partial charge in [-0.25, -0.2) is 14.5 Å². The van der Waals surface area contributed by atoms with Gasteiger partial charge < -0.3 is 39.5 Å². The van der Waals surface area contributed by atoms with E-state index in [2.05, 4.69) is 27.0 Å². The van der Waals surface area contributed by atoms with Gasteiger partial charge in [0.15, 0.2) is 23.2 Å². The van der Waals surface area contributed by atoms with Crippen LogP contribution in [0.2, 0.25) is 0 Å². The van der Waals surface area contributed by atoms with E-state index in [-0.39, 0.29) is 6.04 Å². The highest BCUT2D eigenvalue weighted by atomic mass is 31.2. The van der Waals surface area contributed by atoms with Gasteiger partial charge in [-0.3, -0.25) is 9.13 Å². The molecule has 2 aromatic heterocycles. The van der Waals surface area contributed by atoms with E-state index in [1.807, 2.05) is 0 Å². The van der Waals surface area contributed by atoms with Crippen molar-refractivity contribution in [3.63, 3.8) is 0 Å². The Morgan fingerprint density at radius 2 is 1.94 bits per heavy atom. The van der Waals surface area contributed by atoms with E-state index in [1.165, 1.54) is 16.8 Å². The standard InChI is InChI=1S/C18H27N5O9P2/c1-2-13-21-17(20-10-5-3-4-6-10)18-19-7-11(23(18)22-13)16-15(25)14(24)12(32-16)8-31-34(29,30)9-33(26,27)28/h2,7,10,12,14-16,24-25H,1,3-6,8-9H2,(H,29,30)(H,20,21,22)(H2,26,27,28)/t12-,14-,15-,16+/m1/s1. The minimum absolute atomic E-state index is 0.246. The number of nitrogens with one attached hydrogen (secondary N) is 1. The summed E-state index contributed by atoms with van der Waals surface area (Å²) in [4.78, 5) is 36.3. The number of hydrogen-bond donors (Lipinski definition) is 6. The van der Waals surface area contributed by atoms with Crippen LogP contribution in [-0.4, -0.2) is 81.3 Å². The van der Waals surface area contributed by atoms with E-state index >= 15 is 0 Å². The predicted octanol–water partition coefficient (Wildman–Crippen LogP) is 0.621. The number of rotatable bonds is 9. The normalized spacial score (nSPS) is 27.8. The van der Waals surface area contributed by atoms with Crippen LogP contribution in [0.5, 0.6) is 0 Å². The minimum atomic E-state index is -4.81. The zero-order valence-electron chi connectivity index (χ0n) is 18.0. The van der Waals surface area contributed by atoms with E-state index in [0.29, 0.717) is 23.0 Å². The molecule has 1 saturated heterocycles. The second-order valence-electron chi connectivity index (χ2n) is 8.38. The summed E-state index contributed by atoms with van der Waals surface area (Å²) in [5.74, 6) is -0.575. The van der Waals surface area contributed by atoms with Crippen molar-refractivity contribution in [3.8, 4) is 0 Å². The molecular formula is C18H27N5O9P2. The summed E-state index contributed by atoms with van der Waals surface area (Å²) in [6.45, 7) is 3.02. The van der Waals surface area contributed by atoms with Crippen molar-refractivity contribution in [2.75, 3.05) is 17.8 Å². The third kappa shape index (κ3) is 5.56. The topological polar surface area (TPSA) is 209 Å². The molecule has 188 valence electrons.